The van der Waals surface area contributed by atoms with Gasteiger partial charge in [0.2, 0.25) is 0 Å². The average molecular weight is 339 g/mol. The molecule has 0 radical (unpaired) electrons. The molecule has 0 bridgehead atoms. The highest BCUT2D eigenvalue weighted by Gasteiger charge is 2.15. The molecular weight excluding hydrogens is 324 g/mol. The van der Waals surface area contributed by atoms with Crippen molar-refractivity contribution in [2.45, 2.75) is 13.5 Å². The molecule has 0 fully saturated rings. The van der Waals surface area contributed by atoms with Crippen LogP contribution < -0.4 is 4.90 Å². The normalized spacial score (nSPS) is 10.3. The number of halogens is 1. The molecular formula is C14H15BrN2O3. The predicted molar refractivity (Wildman–Crippen MR) is 78.7 cm³/mol. The van der Waals surface area contributed by atoms with Gasteiger partial charge in [-0.3, -0.25) is 0 Å². The van der Waals surface area contributed by atoms with Crippen molar-refractivity contribution in [3.05, 3.63) is 46.3 Å². The molecule has 0 aliphatic carbocycles. The Morgan fingerprint density at radius 3 is 3.00 bits per heavy atom. The second-order valence-electron chi connectivity index (χ2n) is 4.22. The van der Waals surface area contributed by atoms with Crippen LogP contribution in [0.5, 0.6) is 0 Å². The van der Waals surface area contributed by atoms with Gasteiger partial charge in [0, 0.05) is 18.1 Å². The van der Waals surface area contributed by atoms with Crippen molar-refractivity contribution >= 4 is 27.9 Å². The number of ether oxygens (including phenoxy) is 1. The molecule has 1 heterocycles. The summed E-state index contributed by atoms with van der Waals surface area (Å²) in [5, 5.41) is 0. The van der Waals surface area contributed by atoms with E-state index in [1.807, 2.05) is 36.2 Å². The second-order valence-corrected chi connectivity index (χ2v) is 5.14. The van der Waals surface area contributed by atoms with E-state index in [2.05, 4.69) is 20.9 Å². The largest absolute Gasteiger partial charge is 0.461 e. The molecule has 0 atom stereocenters. The third-order valence-electron chi connectivity index (χ3n) is 2.61. The number of hydrogen-bond acceptors (Lipinski definition) is 5. The highest BCUT2D eigenvalue weighted by Crippen LogP contribution is 2.17. The summed E-state index contributed by atoms with van der Waals surface area (Å²) in [6, 6.07) is 8.34. The standard InChI is InChI=1S/C14H15BrN2O3/c1-3-19-13(18)12-9-20-14(16-12)17(2)8-10-5-4-6-11(15)7-10/h4-7,9H,3,8H2,1-2H3. The zero-order valence-corrected chi connectivity index (χ0v) is 12.9. The number of carbonyl (C=O) groups is 1. The lowest BCUT2D eigenvalue weighted by Crippen LogP contribution is -2.17. The molecule has 2 aromatic rings. The van der Waals surface area contributed by atoms with Gasteiger partial charge in [-0.15, -0.1) is 0 Å². The number of carbonyl (C=O) groups excluding carboxylic acids is 1. The van der Waals surface area contributed by atoms with E-state index in [9.17, 15) is 4.79 Å². The number of oxazole rings is 1. The minimum atomic E-state index is -0.474. The van der Waals surface area contributed by atoms with Gasteiger partial charge in [-0.25, -0.2) is 4.79 Å². The predicted octanol–water partition coefficient (Wildman–Crippen LogP) is 3.25. The molecule has 5 nitrogen and oxygen atoms in total. The zero-order chi connectivity index (χ0) is 14.5. The van der Waals surface area contributed by atoms with Crippen LogP contribution in [0.2, 0.25) is 0 Å². The molecule has 0 aliphatic rings. The Bertz CT molecular complexity index is 598. The molecule has 0 aliphatic heterocycles. The van der Waals surface area contributed by atoms with Crippen LogP contribution in [0.25, 0.3) is 0 Å². The van der Waals surface area contributed by atoms with E-state index in [1.54, 1.807) is 6.92 Å². The Kier molecular flexibility index (Phi) is 4.79. The van der Waals surface area contributed by atoms with E-state index < -0.39 is 5.97 Å². The topological polar surface area (TPSA) is 55.6 Å². The van der Waals surface area contributed by atoms with Gasteiger partial charge >= 0.3 is 5.97 Å². The summed E-state index contributed by atoms with van der Waals surface area (Å²) in [4.78, 5) is 17.5. The molecule has 0 saturated heterocycles. The Labute approximate surface area is 125 Å². The van der Waals surface area contributed by atoms with Gasteiger partial charge in [-0.05, 0) is 24.6 Å². The first-order chi connectivity index (χ1) is 9.60. The Hall–Kier alpha value is -1.82. The summed E-state index contributed by atoms with van der Waals surface area (Å²) in [5.41, 5.74) is 1.29. The lowest BCUT2D eigenvalue weighted by Gasteiger charge is -2.14. The number of nitrogens with zero attached hydrogens (tertiary/aromatic N) is 2. The third-order valence-corrected chi connectivity index (χ3v) is 3.11. The van der Waals surface area contributed by atoms with Gasteiger partial charge in [0.25, 0.3) is 6.01 Å². The van der Waals surface area contributed by atoms with Gasteiger partial charge < -0.3 is 14.1 Å². The van der Waals surface area contributed by atoms with Crippen molar-refractivity contribution in [3.63, 3.8) is 0 Å². The highest BCUT2D eigenvalue weighted by molar-refractivity contribution is 9.10. The Morgan fingerprint density at radius 2 is 2.30 bits per heavy atom. The van der Waals surface area contributed by atoms with Crippen LogP contribution in [0.3, 0.4) is 0 Å². The summed E-state index contributed by atoms with van der Waals surface area (Å²) in [6.07, 6.45) is 1.31. The molecule has 20 heavy (non-hydrogen) atoms. The van der Waals surface area contributed by atoms with Crippen LogP contribution in [0.4, 0.5) is 6.01 Å². The fraction of sp³-hybridized carbons (Fsp3) is 0.286. The van der Waals surface area contributed by atoms with Crippen LogP contribution in [0, 0.1) is 0 Å². The lowest BCUT2D eigenvalue weighted by molar-refractivity contribution is 0.0519. The van der Waals surface area contributed by atoms with Crippen molar-refractivity contribution in [3.8, 4) is 0 Å². The number of anilines is 1. The molecule has 0 N–H and O–H groups in total. The van der Waals surface area contributed by atoms with Gasteiger partial charge in [0.1, 0.15) is 6.26 Å². The molecule has 106 valence electrons. The van der Waals surface area contributed by atoms with Crippen molar-refractivity contribution in [1.29, 1.82) is 0 Å². The second kappa shape index (κ2) is 6.56. The van der Waals surface area contributed by atoms with Crippen LogP contribution in [0.15, 0.2) is 39.4 Å². The van der Waals surface area contributed by atoms with Crippen LogP contribution >= 0.6 is 15.9 Å². The summed E-state index contributed by atoms with van der Waals surface area (Å²) in [7, 11) is 1.85. The molecule has 0 amide bonds. The molecule has 2 rings (SSSR count). The first-order valence-electron chi connectivity index (χ1n) is 6.18. The minimum Gasteiger partial charge on any atom is -0.461 e. The first-order valence-corrected chi connectivity index (χ1v) is 6.97. The lowest BCUT2D eigenvalue weighted by atomic mass is 10.2. The molecule has 1 aromatic carbocycles. The van der Waals surface area contributed by atoms with Crippen LogP contribution in [-0.4, -0.2) is 24.6 Å². The number of esters is 1. The van der Waals surface area contributed by atoms with Crippen molar-refractivity contribution in [2.75, 3.05) is 18.6 Å². The summed E-state index contributed by atoms with van der Waals surface area (Å²) < 4.78 is 11.2. The first kappa shape index (κ1) is 14.6. The molecule has 0 unspecified atom stereocenters. The summed E-state index contributed by atoms with van der Waals surface area (Å²) in [6.45, 7) is 2.69. The van der Waals surface area contributed by atoms with E-state index in [4.69, 9.17) is 9.15 Å². The molecule has 1 aromatic heterocycles. The van der Waals surface area contributed by atoms with Gasteiger partial charge in [-0.2, -0.15) is 4.98 Å². The minimum absolute atomic E-state index is 0.183. The average Bonchev–Trinajstić information content (AvgIpc) is 2.88. The summed E-state index contributed by atoms with van der Waals surface area (Å²) >= 11 is 3.43. The fourth-order valence-electron chi connectivity index (χ4n) is 1.72. The smallest absolute Gasteiger partial charge is 0.360 e. The van der Waals surface area contributed by atoms with Crippen LogP contribution in [-0.2, 0) is 11.3 Å². The quantitative estimate of drug-likeness (QED) is 0.783. The number of benzene rings is 1. The van der Waals surface area contributed by atoms with Crippen LogP contribution in [0.1, 0.15) is 23.0 Å². The van der Waals surface area contributed by atoms with Crippen molar-refractivity contribution in [2.24, 2.45) is 0 Å². The third kappa shape index (κ3) is 3.60. The maximum Gasteiger partial charge on any atom is 0.360 e. The molecule has 0 saturated carbocycles. The zero-order valence-electron chi connectivity index (χ0n) is 11.3. The van der Waals surface area contributed by atoms with E-state index >= 15 is 0 Å². The molecule has 6 heteroatoms. The summed E-state index contributed by atoms with van der Waals surface area (Å²) in [5.74, 6) is -0.474. The highest BCUT2D eigenvalue weighted by atomic mass is 79.9. The molecule has 0 spiro atoms. The Balaban J connectivity index is 2.06. The SMILES string of the molecule is CCOC(=O)c1coc(N(C)Cc2cccc(Br)c2)n1. The maximum atomic E-state index is 11.5. The van der Waals surface area contributed by atoms with E-state index in [-0.39, 0.29) is 5.69 Å². The fourth-order valence-corrected chi connectivity index (χ4v) is 2.16. The van der Waals surface area contributed by atoms with Crippen molar-refractivity contribution < 1.29 is 13.9 Å². The van der Waals surface area contributed by atoms with E-state index in [0.717, 1.165) is 10.0 Å². The van der Waals surface area contributed by atoms with E-state index in [1.165, 1.54) is 6.26 Å². The van der Waals surface area contributed by atoms with Gasteiger partial charge in [-0.1, -0.05) is 28.1 Å². The van der Waals surface area contributed by atoms with E-state index in [0.29, 0.717) is 19.2 Å². The Morgan fingerprint density at radius 1 is 1.50 bits per heavy atom. The van der Waals surface area contributed by atoms with Gasteiger partial charge in [0.15, 0.2) is 5.69 Å². The van der Waals surface area contributed by atoms with Gasteiger partial charge in [0.05, 0.1) is 6.61 Å². The number of rotatable bonds is 5. The maximum absolute atomic E-state index is 11.5. The number of hydrogen-bond donors (Lipinski definition) is 0. The monoisotopic (exact) mass is 338 g/mol. The number of aromatic nitrogens is 1. The van der Waals surface area contributed by atoms with Crippen molar-refractivity contribution in [1.82, 2.24) is 4.98 Å².